The fraction of sp³-hybridized carbons (Fsp3) is 0.889. The minimum Gasteiger partial charge on any atom is -0.466 e. The van der Waals surface area contributed by atoms with E-state index >= 15 is 0 Å². The van der Waals surface area contributed by atoms with E-state index in [0.717, 1.165) is 51.3 Å². The molecule has 0 aromatic rings. The number of ether oxygens (including phenoxy) is 1. The summed E-state index contributed by atoms with van der Waals surface area (Å²) < 4.78 is 5.13. The number of guanidine groups is 1. The number of nitrogens with zero attached hydrogens (tertiary/aromatic N) is 1. The lowest BCUT2D eigenvalue weighted by atomic mass is 9.86. The van der Waals surface area contributed by atoms with Crippen LogP contribution in [0.2, 0.25) is 0 Å². The maximum atomic E-state index is 11.8. The van der Waals surface area contributed by atoms with Crippen LogP contribution in [0.15, 0.2) is 4.99 Å². The van der Waals surface area contributed by atoms with Gasteiger partial charge in [-0.3, -0.25) is 9.79 Å². The molecule has 1 fully saturated rings. The van der Waals surface area contributed by atoms with Gasteiger partial charge in [0, 0.05) is 24.7 Å². The molecule has 3 N–H and O–H groups in total. The molecule has 0 aromatic heterocycles. The molecule has 1 rings (SSSR count). The quantitative estimate of drug-likeness (QED) is 0.286. The number of carbonyl (C=O) groups is 1. The van der Waals surface area contributed by atoms with Gasteiger partial charge in [-0.1, -0.05) is 0 Å². The topological polar surface area (TPSA) is 74.8 Å². The van der Waals surface area contributed by atoms with E-state index in [1.54, 1.807) is 0 Å². The van der Waals surface area contributed by atoms with Crippen molar-refractivity contribution in [1.82, 2.24) is 16.0 Å². The highest BCUT2D eigenvalue weighted by molar-refractivity contribution is 5.80. The highest BCUT2D eigenvalue weighted by atomic mass is 16.5. The number of esters is 1. The first-order valence-corrected chi connectivity index (χ1v) is 9.32. The van der Waals surface area contributed by atoms with Crippen molar-refractivity contribution in [3.05, 3.63) is 0 Å². The Morgan fingerprint density at radius 3 is 2.38 bits per heavy atom. The van der Waals surface area contributed by atoms with Crippen LogP contribution in [0.1, 0.15) is 60.3 Å². The second kappa shape index (κ2) is 10.5. The summed E-state index contributed by atoms with van der Waals surface area (Å²) in [5, 5.41) is 10.2. The average molecular weight is 341 g/mol. The van der Waals surface area contributed by atoms with Crippen LogP contribution in [0, 0.1) is 5.92 Å². The Morgan fingerprint density at radius 1 is 1.17 bits per heavy atom. The lowest BCUT2D eigenvalue weighted by Crippen LogP contribution is -2.46. The summed E-state index contributed by atoms with van der Waals surface area (Å²) in [5.41, 5.74) is 0.118. The second-order valence-corrected chi connectivity index (χ2v) is 7.38. The molecule has 0 aliphatic heterocycles. The lowest BCUT2D eigenvalue weighted by Gasteiger charge is -2.29. The molecule has 1 saturated carbocycles. The molecule has 24 heavy (non-hydrogen) atoms. The fourth-order valence-electron chi connectivity index (χ4n) is 2.85. The summed E-state index contributed by atoms with van der Waals surface area (Å²) in [7, 11) is 0. The number of hydrogen-bond donors (Lipinski definition) is 3. The third-order valence-corrected chi connectivity index (χ3v) is 4.07. The molecule has 0 bridgehead atoms. The Balaban J connectivity index is 2.39. The number of nitrogens with one attached hydrogen (secondary N) is 3. The zero-order valence-electron chi connectivity index (χ0n) is 16.1. The van der Waals surface area contributed by atoms with Gasteiger partial charge in [-0.2, -0.15) is 0 Å². The highest BCUT2D eigenvalue weighted by Crippen LogP contribution is 2.25. The Kier molecular flexibility index (Phi) is 9.11. The molecule has 0 spiro atoms. The molecule has 140 valence electrons. The van der Waals surface area contributed by atoms with Gasteiger partial charge < -0.3 is 20.7 Å². The third kappa shape index (κ3) is 8.52. The van der Waals surface area contributed by atoms with E-state index in [2.05, 4.69) is 48.6 Å². The fourth-order valence-corrected chi connectivity index (χ4v) is 2.85. The van der Waals surface area contributed by atoms with Crippen molar-refractivity contribution in [2.24, 2.45) is 10.9 Å². The van der Waals surface area contributed by atoms with Gasteiger partial charge in [-0.25, -0.2) is 0 Å². The lowest BCUT2D eigenvalue weighted by molar-refractivity contribution is -0.149. The van der Waals surface area contributed by atoms with Gasteiger partial charge in [0.15, 0.2) is 5.96 Å². The minimum absolute atomic E-state index is 0.0372. The SMILES string of the molecule is CCNC(=NCCNC(C)(C)C)NC1CCC(C(=O)OCC)CC1. The van der Waals surface area contributed by atoms with E-state index in [-0.39, 0.29) is 17.4 Å². The molecule has 0 amide bonds. The van der Waals surface area contributed by atoms with Crippen LogP contribution in [0.4, 0.5) is 0 Å². The number of hydrogen-bond acceptors (Lipinski definition) is 4. The summed E-state index contributed by atoms with van der Waals surface area (Å²) in [5.74, 6) is 0.899. The van der Waals surface area contributed by atoms with Gasteiger partial charge in [0.25, 0.3) is 0 Å². The molecule has 6 nitrogen and oxygen atoms in total. The van der Waals surface area contributed by atoms with Crippen molar-refractivity contribution in [3.63, 3.8) is 0 Å². The van der Waals surface area contributed by atoms with E-state index in [1.165, 1.54) is 0 Å². The Labute approximate surface area is 147 Å². The van der Waals surface area contributed by atoms with Crippen LogP contribution >= 0.6 is 0 Å². The molecule has 0 saturated heterocycles. The van der Waals surface area contributed by atoms with Gasteiger partial charge in [0.05, 0.1) is 19.1 Å². The van der Waals surface area contributed by atoms with Crippen molar-refractivity contribution in [2.45, 2.75) is 71.9 Å². The standard InChI is InChI=1S/C18H36N4O2/c1-6-19-17(20-12-13-21-18(3,4)5)22-15-10-8-14(9-11-15)16(23)24-7-2/h14-15,21H,6-13H2,1-5H3,(H2,19,20,22). The first-order valence-electron chi connectivity index (χ1n) is 9.32. The smallest absolute Gasteiger partial charge is 0.308 e. The Bertz CT molecular complexity index is 396. The van der Waals surface area contributed by atoms with Crippen molar-refractivity contribution in [3.8, 4) is 0 Å². The maximum absolute atomic E-state index is 11.8. The summed E-state index contributed by atoms with van der Waals surface area (Å²) in [4.78, 5) is 16.4. The zero-order chi connectivity index (χ0) is 18.0. The van der Waals surface area contributed by atoms with Gasteiger partial charge in [0.2, 0.25) is 0 Å². The van der Waals surface area contributed by atoms with Gasteiger partial charge >= 0.3 is 5.97 Å². The van der Waals surface area contributed by atoms with Crippen LogP contribution in [0.3, 0.4) is 0 Å². The van der Waals surface area contributed by atoms with Crippen LogP contribution in [-0.4, -0.2) is 49.8 Å². The normalized spacial score (nSPS) is 22.1. The molecule has 6 heteroatoms. The zero-order valence-corrected chi connectivity index (χ0v) is 16.1. The van der Waals surface area contributed by atoms with Gasteiger partial charge in [0.1, 0.15) is 0 Å². The minimum atomic E-state index is -0.0372. The molecular weight excluding hydrogens is 304 g/mol. The Hall–Kier alpha value is -1.30. The second-order valence-electron chi connectivity index (χ2n) is 7.38. The maximum Gasteiger partial charge on any atom is 0.308 e. The van der Waals surface area contributed by atoms with Crippen molar-refractivity contribution >= 4 is 11.9 Å². The molecule has 0 radical (unpaired) electrons. The van der Waals surface area contributed by atoms with Crippen LogP contribution < -0.4 is 16.0 Å². The van der Waals surface area contributed by atoms with Crippen molar-refractivity contribution < 1.29 is 9.53 Å². The van der Waals surface area contributed by atoms with E-state index in [9.17, 15) is 4.79 Å². The Morgan fingerprint density at radius 2 is 1.83 bits per heavy atom. The van der Waals surface area contributed by atoms with E-state index < -0.39 is 0 Å². The monoisotopic (exact) mass is 340 g/mol. The van der Waals surface area contributed by atoms with Gasteiger partial charge in [-0.15, -0.1) is 0 Å². The molecule has 0 heterocycles. The predicted molar refractivity (Wildman–Crippen MR) is 99.2 cm³/mol. The van der Waals surface area contributed by atoms with E-state index in [4.69, 9.17) is 4.74 Å². The first-order chi connectivity index (χ1) is 11.4. The van der Waals surface area contributed by atoms with Crippen LogP contribution in [0.25, 0.3) is 0 Å². The average Bonchev–Trinajstić information content (AvgIpc) is 2.51. The molecule has 1 aliphatic carbocycles. The summed E-state index contributed by atoms with van der Waals surface area (Å²) >= 11 is 0. The third-order valence-electron chi connectivity index (χ3n) is 4.07. The van der Waals surface area contributed by atoms with Crippen molar-refractivity contribution in [1.29, 1.82) is 0 Å². The van der Waals surface area contributed by atoms with Gasteiger partial charge in [-0.05, 0) is 60.3 Å². The number of aliphatic imine (C=N–C) groups is 1. The summed E-state index contributed by atoms with van der Waals surface area (Å²) in [6.07, 6.45) is 3.74. The molecule has 0 aromatic carbocycles. The first kappa shape index (κ1) is 20.7. The molecule has 1 aliphatic rings. The summed E-state index contributed by atoms with van der Waals surface area (Å²) in [6.45, 7) is 13.3. The molecule has 0 unspecified atom stereocenters. The molecule has 0 atom stereocenters. The van der Waals surface area contributed by atoms with E-state index in [1.807, 2.05) is 6.92 Å². The van der Waals surface area contributed by atoms with Crippen molar-refractivity contribution in [2.75, 3.05) is 26.2 Å². The number of rotatable bonds is 7. The highest BCUT2D eigenvalue weighted by Gasteiger charge is 2.27. The molecular formula is C18H36N4O2. The summed E-state index contributed by atoms with van der Waals surface area (Å²) in [6, 6.07) is 0.379. The van der Waals surface area contributed by atoms with E-state index in [0.29, 0.717) is 12.6 Å². The number of carbonyl (C=O) groups excluding carboxylic acids is 1. The van der Waals surface area contributed by atoms with Crippen LogP contribution in [-0.2, 0) is 9.53 Å². The predicted octanol–water partition coefficient (Wildman–Crippen LogP) is 2.05. The van der Waals surface area contributed by atoms with Crippen LogP contribution in [0.5, 0.6) is 0 Å². The largest absolute Gasteiger partial charge is 0.466 e.